The van der Waals surface area contributed by atoms with Gasteiger partial charge in [-0.15, -0.1) is 0 Å². The Bertz CT molecular complexity index is 867. The molecule has 1 saturated heterocycles. The van der Waals surface area contributed by atoms with Crippen LogP contribution in [0.4, 0.5) is 8.78 Å². The number of alkyl halides is 2. The van der Waals surface area contributed by atoms with E-state index in [1.165, 1.54) is 15.6 Å². The molecule has 1 aromatic heterocycles. The monoisotopic (exact) mass is 406 g/mol. The van der Waals surface area contributed by atoms with Crippen molar-refractivity contribution in [3.63, 3.8) is 0 Å². The summed E-state index contributed by atoms with van der Waals surface area (Å²) < 4.78 is 27.4. The summed E-state index contributed by atoms with van der Waals surface area (Å²) in [5.74, 6) is -1.21. The van der Waals surface area contributed by atoms with Crippen molar-refractivity contribution in [2.45, 2.75) is 44.6 Å². The van der Waals surface area contributed by atoms with Gasteiger partial charge in [0.05, 0.1) is 0 Å². The molecule has 0 radical (unpaired) electrons. The number of rotatable bonds is 6. The summed E-state index contributed by atoms with van der Waals surface area (Å²) in [7, 11) is 0. The SMILES string of the molecule is O=C(O)C1=CC(C2CCNCC2)=CCN1C(=O)Cn1nc(C(F)F)cc1C1CC1. The van der Waals surface area contributed by atoms with E-state index >= 15 is 0 Å². The minimum Gasteiger partial charge on any atom is -0.477 e. The van der Waals surface area contributed by atoms with Crippen LogP contribution in [0.1, 0.15) is 49.4 Å². The molecule has 2 N–H and O–H groups in total. The Labute approximate surface area is 167 Å². The zero-order chi connectivity index (χ0) is 20.5. The van der Waals surface area contributed by atoms with E-state index in [1.54, 1.807) is 6.08 Å². The zero-order valence-corrected chi connectivity index (χ0v) is 16.0. The number of carboxylic acid groups (broad SMARTS) is 1. The molecule has 1 saturated carbocycles. The number of aromatic nitrogens is 2. The van der Waals surface area contributed by atoms with Crippen LogP contribution < -0.4 is 5.32 Å². The molecule has 4 rings (SSSR count). The van der Waals surface area contributed by atoms with Crippen molar-refractivity contribution in [2.24, 2.45) is 5.92 Å². The molecule has 0 aromatic carbocycles. The largest absolute Gasteiger partial charge is 0.477 e. The van der Waals surface area contributed by atoms with E-state index in [0.29, 0.717) is 5.69 Å². The molecule has 156 valence electrons. The molecule has 3 aliphatic rings. The van der Waals surface area contributed by atoms with E-state index in [4.69, 9.17) is 0 Å². The first-order chi connectivity index (χ1) is 13.9. The fourth-order valence-electron chi connectivity index (χ4n) is 4.05. The van der Waals surface area contributed by atoms with Crippen molar-refractivity contribution < 1.29 is 23.5 Å². The van der Waals surface area contributed by atoms with Crippen LogP contribution in [-0.2, 0) is 16.1 Å². The third-order valence-corrected chi connectivity index (χ3v) is 5.77. The van der Waals surface area contributed by atoms with Gasteiger partial charge in [0.15, 0.2) is 0 Å². The highest BCUT2D eigenvalue weighted by atomic mass is 19.3. The van der Waals surface area contributed by atoms with E-state index in [2.05, 4.69) is 10.4 Å². The van der Waals surface area contributed by atoms with Gasteiger partial charge in [-0.3, -0.25) is 9.48 Å². The quantitative estimate of drug-likeness (QED) is 0.758. The summed E-state index contributed by atoms with van der Waals surface area (Å²) in [4.78, 5) is 25.9. The van der Waals surface area contributed by atoms with Crippen molar-refractivity contribution >= 4 is 11.9 Å². The second kappa shape index (κ2) is 8.06. The van der Waals surface area contributed by atoms with Gasteiger partial charge in [0.25, 0.3) is 6.43 Å². The molecule has 3 heterocycles. The average Bonchev–Trinajstić information content (AvgIpc) is 3.48. The maximum atomic E-state index is 13.1. The molecule has 2 fully saturated rings. The lowest BCUT2D eigenvalue weighted by Crippen LogP contribution is -2.39. The van der Waals surface area contributed by atoms with Crippen LogP contribution in [-0.4, -0.2) is 51.3 Å². The van der Waals surface area contributed by atoms with Gasteiger partial charge in [-0.2, -0.15) is 5.10 Å². The number of hydrogen-bond acceptors (Lipinski definition) is 4. The number of carbonyl (C=O) groups is 2. The Morgan fingerprint density at radius 3 is 2.55 bits per heavy atom. The molecule has 9 heteroatoms. The van der Waals surface area contributed by atoms with Crippen LogP contribution in [0.5, 0.6) is 0 Å². The fraction of sp³-hybridized carbons (Fsp3) is 0.550. The average molecular weight is 406 g/mol. The highest BCUT2D eigenvalue weighted by Crippen LogP contribution is 2.41. The van der Waals surface area contributed by atoms with Gasteiger partial charge in [-0.05, 0) is 62.4 Å². The predicted octanol–water partition coefficient (Wildman–Crippen LogP) is 2.43. The van der Waals surface area contributed by atoms with Crippen LogP contribution in [0.2, 0.25) is 0 Å². The second-order valence-corrected chi connectivity index (χ2v) is 7.79. The van der Waals surface area contributed by atoms with Crippen LogP contribution >= 0.6 is 0 Å². The first kappa shape index (κ1) is 19.8. The van der Waals surface area contributed by atoms with Crippen LogP contribution in [0.15, 0.2) is 29.5 Å². The van der Waals surface area contributed by atoms with Gasteiger partial charge in [-0.1, -0.05) is 6.08 Å². The number of carbonyl (C=O) groups excluding carboxylic acids is 1. The molecular formula is C20H24F2N4O3. The van der Waals surface area contributed by atoms with Crippen molar-refractivity contribution in [3.05, 3.63) is 40.9 Å². The van der Waals surface area contributed by atoms with Crippen molar-refractivity contribution in [1.82, 2.24) is 20.0 Å². The number of allylic oxidation sites excluding steroid dienone is 2. The van der Waals surface area contributed by atoms with Crippen molar-refractivity contribution in [2.75, 3.05) is 19.6 Å². The molecule has 29 heavy (non-hydrogen) atoms. The number of hydrogen-bond donors (Lipinski definition) is 2. The molecule has 1 amide bonds. The molecule has 1 aromatic rings. The third-order valence-electron chi connectivity index (χ3n) is 5.77. The van der Waals surface area contributed by atoms with Crippen LogP contribution in [0, 0.1) is 5.92 Å². The van der Waals surface area contributed by atoms with E-state index < -0.39 is 18.3 Å². The van der Waals surface area contributed by atoms with Gasteiger partial charge in [0.2, 0.25) is 5.91 Å². The van der Waals surface area contributed by atoms with Gasteiger partial charge >= 0.3 is 5.97 Å². The van der Waals surface area contributed by atoms with Gasteiger partial charge in [-0.25, -0.2) is 13.6 Å². The number of piperidine rings is 1. The topological polar surface area (TPSA) is 87.5 Å². The fourth-order valence-corrected chi connectivity index (χ4v) is 4.05. The van der Waals surface area contributed by atoms with Gasteiger partial charge in [0.1, 0.15) is 17.9 Å². The van der Waals surface area contributed by atoms with Gasteiger partial charge < -0.3 is 15.3 Å². The number of nitrogens with one attached hydrogen (secondary N) is 1. The molecule has 0 atom stereocenters. The Hall–Kier alpha value is -2.55. The Kier molecular flexibility index (Phi) is 5.49. The van der Waals surface area contributed by atoms with Crippen molar-refractivity contribution in [1.29, 1.82) is 0 Å². The Morgan fingerprint density at radius 2 is 1.93 bits per heavy atom. The molecule has 2 aliphatic heterocycles. The minimum absolute atomic E-state index is 0.0692. The normalized spacial score (nSPS) is 20.6. The summed E-state index contributed by atoms with van der Waals surface area (Å²) in [5, 5.41) is 16.8. The van der Waals surface area contributed by atoms with E-state index in [0.717, 1.165) is 44.3 Å². The number of carboxylic acids is 1. The highest BCUT2D eigenvalue weighted by Gasteiger charge is 2.32. The van der Waals surface area contributed by atoms with E-state index in [9.17, 15) is 23.5 Å². The number of halogens is 2. The van der Waals surface area contributed by atoms with Crippen LogP contribution in [0.25, 0.3) is 0 Å². The number of amides is 1. The molecule has 1 aliphatic carbocycles. The second-order valence-electron chi connectivity index (χ2n) is 7.79. The first-order valence-electron chi connectivity index (χ1n) is 9.96. The number of nitrogens with zero attached hydrogens (tertiary/aromatic N) is 3. The lowest BCUT2D eigenvalue weighted by atomic mass is 9.87. The molecule has 7 nitrogen and oxygen atoms in total. The molecule has 0 unspecified atom stereocenters. The van der Waals surface area contributed by atoms with E-state index in [1.807, 2.05) is 6.08 Å². The summed E-state index contributed by atoms with van der Waals surface area (Å²) in [6, 6.07) is 1.36. The maximum absolute atomic E-state index is 13.1. The minimum atomic E-state index is -2.70. The Balaban J connectivity index is 1.52. The number of aliphatic carboxylic acids is 1. The lowest BCUT2D eigenvalue weighted by Gasteiger charge is -2.30. The summed E-state index contributed by atoms with van der Waals surface area (Å²) in [6.07, 6.45) is 4.40. The first-order valence-corrected chi connectivity index (χ1v) is 9.96. The summed E-state index contributed by atoms with van der Waals surface area (Å²) in [6.45, 7) is 1.69. The summed E-state index contributed by atoms with van der Waals surface area (Å²) in [5.41, 5.74) is 1.16. The zero-order valence-electron chi connectivity index (χ0n) is 16.0. The molecule has 0 spiro atoms. The highest BCUT2D eigenvalue weighted by molar-refractivity contribution is 5.93. The smallest absolute Gasteiger partial charge is 0.352 e. The predicted molar refractivity (Wildman–Crippen MR) is 100 cm³/mol. The van der Waals surface area contributed by atoms with E-state index in [-0.39, 0.29) is 36.3 Å². The Morgan fingerprint density at radius 1 is 1.21 bits per heavy atom. The van der Waals surface area contributed by atoms with Crippen molar-refractivity contribution in [3.8, 4) is 0 Å². The molecule has 0 bridgehead atoms. The van der Waals surface area contributed by atoms with Crippen LogP contribution in [0.3, 0.4) is 0 Å². The maximum Gasteiger partial charge on any atom is 0.352 e. The lowest BCUT2D eigenvalue weighted by molar-refractivity contribution is -0.139. The molecular weight excluding hydrogens is 382 g/mol. The standard InChI is InChI=1S/C20H24F2N4O3/c21-19(22)15-10-16(13-1-2-13)26(24-15)11-18(27)25-8-5-14(9-17(25)20(28)29)12-3-6-23-7-4-12/h5,9-10,12-13,19,23H,1-4,6-8,11H2,(H,28,29). The summed E-state index contributed by atoms with van der Waals surface area (Å²) >= 11 is 0. The van der Waals surface area contributed by atoms with Gasteiger partial charge in [0, 0.05) is 18.2 Å². The third kappa shape index (κ3) is 4.24.